The predicted molar refractivity (Wildman–Crippen MR) is 98.6 cm³/mol. The molecule has 6 nitrogen and oxygen atoms in total. The van der Waals surface area contributed by atoms with Crippen molar-refractivity contribution in [2.45, 2.75) is 19.7 Å². The largest absolute Gasteiger partial charge is 0.493 e. The van der Waals surface area contributed by atoms with E-state index in [1.807, 2.05) is 36.5 Å². The Bertz CT molecular complexity index is 930. The normalized spacial score (nSPS) is 10.7. The second-order valence-corrected chi connectivity index (χ2v) is 5.90. The van der Waals surface area contributed by atoms with Crippen LogP contribution in [-0.4, -0.2) is 29.4 Å². The molecule has 3 rings (SSSR count). The molecule has 0 aliphatic carbocycles. The summed E-state index contributed by atoms with van der Waals surface area (Å²) in [5.41, 5.74) is 2.27. The van der Waals surface area contributed by atoms with E-state index in [0.29, 0.717) is 13.1 Å². The van der Waals surface area contributed by atoms with Crippen molar-refractivity contribution >= 4 is 5.91 Å². The van der Waals surface area contributed by atoms with Crippen molar-refractivity contribution in [1.29, 1.82) is 0 Å². The van der Waals surface area contributed by atoms with Crippen molar-refractivity contribution < 1.29 is 23.0 Å². The molecule has 0 saturated carbocycles. The number of benzene rings is 2. The minimum absolute atomic E-state index is 0.0621. The first kappa shape index (κ1) is 19.3. The first-order valence-corrected chi connectivity index (χ1v) is 8.52. The summed E-state index contributed by atoms with van der Waals surface area (Å²) in [6.45, 7) is -2.07. The highest BCUT2D eigenvalue weighted by atomic mass is 19.3. The molecule has 0 fully saturated rings. The highest BCUT2D eigenvalue weighted by Gasteiger charge is 2.14. The summed E-state index contributed by atoms with van der Waals surface area (Å²) >= 11 is 0. The third-order valence-corrected chi connectivity index (χ3v) is 4.09. The molecule has 1 aromatic heterocycles. The SMILES string of the molecule is COc1cc(C(=O)NCc2ccccc2Cn2cccn2)ccc1OC(F)F. The maximum absolute atomic E-state index is 12.5. The van der Waals surface area contributed by atoms with Gasteiger partial charge in [0, 0.05) is 24.5 Å². The van der Waals surface area contributed by atoms with Gasteiger partial charge in [0.15, 0.2) is 11.5 Å². The van der Waals surface area contributed by atoms with Gasteiger partial charge in [-0.15, -0.1) is 0 Å². The fourth-order valence-electron chi connectivity index (χ4n) is 2.73. The summed E-state index contributed by atoms with van der Waals surface area (Å²) in [6, 6.07) is 13.6. The Morgan fingerprint density at radius 1 is 1.14 bits per heavy atom. The highest BCUT2D eigenvalue weighted by molar-refractivity contribution is 5.94. The lowest BCUT2D eigenvalue weighted by Gasteiger charge is -2.13. The zero-order chi connectivity index (χ0) is 19.9. The van der Waals surface area contributed by atoms with E-state index in [9.17, 15) is 13.6 Å². The number of halogens is 2. The van der Waals surface area contributed by atoms with E-state index in [1.165, 1.54) is 25.3 Å². The smallest absolute Gasteiger partial charge is 0.387 e. The van der Waals surface area contributed by atoms with E-state index < -0.39 is 6.61 Å². The van der Waals surface area contributed by atoms with Crippen LogP contribution in [0.5, 0.6) is 11.5 Å². The van der Waals surface area contributed by atoms with Gasteiger partial charge in [-0.1, -0.05) is 24.3 Å². The van der Waals surface area contributed by atoms with E-state index >= 15 is 0 Å². The van der Waals surface area contributed by atoms with Gasteiger partial charge in [0.05, 0.1) is 13.7 Å². The molecule has 0 aliphatic heterocycles. The van der Waals surface area contributed by atoms with Crippen LogP contribution in [0.15, 0.2) is 60.9 Å². The van der Waals surface area contributed by atoms with E-state index in [1.54, 1.807) is 10.9 Å². The third kappa shape index (κ3) is 4.85. The molecule has 1 amide bonds. The van der Waals surface area contributed by atoms with Gasteiger partial charge in [-0.3, -0.25) is 9.48 Å². The molecule has 0 saturated heterocycles. The number of rotatable bonds is 8. The van der Waals surface area contributed by atoms with Gasteiger partial charge in [0.1, 0.15) is 0 Å². The summed E-state index contributed by atoms with van der Waals surface area (Å²) in [7, 11) is 1.32. The second kappa shape index (κ2) is 8.98. The lowest BCUT2D eigenvalue weighted by molar-refractivity contribution is -0.0512. The van der Waals surface area contributed by atoms with Gasteiger partial charge in [-0.05, 0) is 35.4 Å². The Morgan fingerprint density at radius 3 is 2.61 bits per heavy atom. The predicted octanol–water partition coefficient (Wildman–Crippen LogP) is 3.47. The Morgan fingerprint density at radius 2 is 1.93 bits per heavy atom. The first-order chi connectivity index (χ1) is 13.6. The molecular formula is C20H19F2N3O3. The third-order valence-electron chi connectivity index (χ3n) is 4.09. The Labute approximate surface area is 160 Å². The van der Waals surface area contributed by atoms with Crippen LogP contribution in [0, 0.1) is 0 Å². The molecule has 146 valence electrons. The fraction of sp³-hybridized carbons (Fsp3) is 0.200. The minimum Gasteiger partial charge on any atom is -0.493 e. The van der Waals surface area contributed by atoms with Gasteiger partial charge in [0.2, 0.25) is 0 Å². The van der Waals surface area contributed by atoms with Crippen molar-refractivity contribution in [2.75, 3.05) is 7.11 Å². The summed E-state index contributed by atoms with van der Waals surface area (Å²) in [5, 5.41) is 7.03. The average molecular weight is 387 g/mol. The molecule has 0 unspecified atom stereocenters. The molecule has 0 spiro atoms. The fourth-order valence-corrected chi connectivity index (χ4v) is 2.73. The topological polar surface area (TPSA) is 65.4 Å². The number of aromatic nitrogens is 2. The Kier molecular flexibility index (Phi) is 6.21. The highest BCUT2D eigenvalue weighted by Crippen LogP contribution is 2.29. The number of amides is 1. The van der Waals surface area contributed by atoms with Crippen LogP contribution in [0.3, 0.4) is 0 Å². The van der Waals surface area contributed by atoms with Gasteiger partial charge in [-0.25, -0.2) is 0 Å². The minimum atomic E-state index is -2.97. The summed E-state index contributed by atoms with van der Waals surface area (Å²) in [4.78, 5) is 12.5. The van der Waals surface area contributed by atoms with Crippen molar-refractivity contribution in [3.05, 3.63) is 77.6 Å². The molecule has 0 radical (unpaired) electrons. The van der Waals surface area contributed by atoms with Crippen LogP contribution < -0.4 is 14.8 Å². The van der Waals surface area contributed by atoms with Crippen LogP contribution >= 0.6 is 0 Å². The number of carbonyl (C=O) groups is 1. The molecule has 0 atom stereocenters. The van der Waals surface area contributed by atoms with Crippen LogP contribution in [0.2, 0.25) is 0 Å². The molecule has 1 heterocycles. The molecule has 8 heteroatoms. The lowest BCUT2D eigenvalue weighted by atomic mass is 10.1. The lowest BCUT2D eigenvalue weighted by Crippen LogP contribution is -2.23. The van der Waals surface area contributed by atoms with E-state index in [2.05, 4.69) is 15.2 Å². The van der Waals surface area contributed by atoms with E-state index in [-0.39, 0.29) is 23.0 Å². The standard InChI is InChI=1S/C20H19F2N3O3/c1-27-18-11-14(7-8-17(18)28-20(21)22)19(26)23-12-15-5-2-3-6-16(15)13-25-10-4-9-24-25/h2-11,20H,12-13H2,1H3,(H,23,26). The average Bonchev–Trinajstić information content (AvgIpc) is 3.20. The Hall–Kier alpha value is -3.42. The van der Waals surface area contributed by atoms with Crippen LogP contribution in [0.25, 0.3) is 0 Å². The van der Waals surface area contributed by atoms with Crippen molar-refractivity contribution in [3.8, 4) is 11.5 Å². The summed E-state index contributed by atoms with van der Waals surface area (Å²) in [6.07, 6.45) is 3.57. The number of carbonyl (C=O) groups excluding carboxylic acids is 1. The van der Waals surface area contributed by atoms with Crippen molar-refractivity contribution in [1.82, 2.24) is 15.1 Å². The van der Waals surface area contributed by atoms with Crippen molar-refractivity contribution in [3.63, 3.8) is 0 Å². The van der Waals surface area contributed by atoms with Gasteiger partial charge < -0.3 is 14.8 Å². The summed E-state index contributed by atoms with van der Waals surface area (Å²) in [5.74, 6) is -0.415. The van der Waals surface area contributed by atoms with Crippen molar-refractivity contribution in [2.24, 2.45) is 0 Å². The van der Waals surface area contributed by atoms with Crippen LogP contribution in [0.1, 0.15) is 21.5 Å². The molecule has 0 aliphatic rings. The molecular weight excluding hydrogens is 368 g/mol. The number of nitrogens with zero attached hydrogens (tertiary/aromatic N) is 2. The maximum Gasteiger partial charge on any atom is 0.387 e. The first-order valence-electron chi connectivity index (χ1n) is 8.52. The zero-order valence-corrected chi connectivity index (χ0v) is 15.1. The number of ether oxygens (including phenoxy) is 2. The maximum atomic E-state index is 12.5. The molecule has 28 heavy (non-hydrogen) atoms. The van der Waals surface area contributed by atoms with E-state index in [4.69, 9.17) is 4.74 Å². The molecule has 0 bridgehead atoms. The number of nitrogens with one attached hydrogen (secondary N) is 1. The number of alkyl halides is 2. The number of hydrogen-bond acceptors (Lipinski definition) is 4. The molecule has 1 N–H and O–H groups in total. The molecule has 2 aromatic carbocycles. The Balaban J connectivity index is 1.69. The quantitative estimate of drug-likeness (QED) is 0.643. The molecule has 3 aromatic rings. The van der Waals surface area contributed by atoms with Gasteiger partial charge >= 0.3 is 6.61 Å². The zero-order valence-electron chi connectivity index (χ0n) is 15.1. The van der Waals surface area contributed by atoms with Crippen LogP contribution in [-0.2, 0) is 13.1 Å². The van der Waals surface area contributed by atoms with E-state index in [0.717, 1.165) is 11.1 Å². The second-order valence-electron chi connectivity index (χ2n) is 5.90. The number of hydrogen-bond donors (Lipinski definition) is 1. The summed E-state index contributed by atoms with van der Waals surface area (Å²) < 4.78 is 36.0. The van der Waals surface area contributed by atoms with Gasteiger partial charge in [-0.2, -0.15) is 13.9 Å². The monoisotopic (exact) mass is 387 g/mol. The van der Waals surface area contributed by atoms with Gasteiger partial charge in [0.25, 0.3) is 5.91 Å². The number of methoxy groups -OCH3 is 1. The van der Waals surface area contributed by atoms with Crippen LogP contribution in [0.4, 0.5) is 8.78 Å².